The minimum absolute atomic E-state index is 0.102. The number of likely N-dealkylation sites (tertiary alicyclic amines) is 1. The number of Topliss-reactive ketones (excluding diaryl/α,β-unsaturated/α-hetero) is 1. The summed E-state index contributed by atoms with van der Waals surface area (Å²) in [5, 5.41) is 1.95. The second kappa shape index (κ2) is 5.65. The van der Waals surface area contributed by atoms with Gasteiger partial charge in [-0.05, 0) is 50.1 Å². The Balaban J connectivity index is 2.16. The summed E-state index contributed by atoms with van der Waals surface area (Å²) in [6.07, 6.45) is 3.61. The molecule has 1 unspecified atom stereocenters. The van der Waals surface area contributed by atoms with Crippen LogP contribution in [0.25, 0.3) is 0 Å². The maximum Gasteiger partial charge on any atom is 0.264 e. The number of ketones is 1. The largest absolute Gasteiger partial charge is 0.335 e. The number of amides is 1. The number of carbonyl (C=O) groups excluding carboxylic acids is 2. The fourth-order valence-corrected chi connectivity index (χ4v) is 3.41. The molecule has 1 aliphatic rings. The van der Waals surface area contributed by atoms with Crippen molar-refractivity contribution in [1.82, 2.24) is 4.90 Å². The SMILES string of the molecule is CC(=O)CC1CCCCN1C(=O)c1sccc1C. The summed E-state index contributed by atoms with van der Waals surface area (Å²) in [6, 6.07) is 2.08. The molecule has 1 aromatic rings. The van der Waals surface area contributed by atoms with Crippen LogP contribution in [0.4, 0.5) is 0 Å². The van der Waals surface area contributed by atoms with Crippen molar-refractivity contribution in [2.24, 2.45) is 0 Å². The van der Waals surface area contributed by atoms with E-state index in [0.29, 0.717) is 6.42 Å². The highest BCUT2D eigenvalue weighted by atomic mass is 32.1. The topological polar surface area (TPSA) is 37.4 Å². The Labute approximate surface area is 112 Å². The van der Waals surface area contributed by atoms with Crippen molar-refractivity contribution in [2.45, 2.75) is 45.6 Å². The third kappa shape index (κ3) is 2.80. The van der Waals surface area contributed by atoms with Crippen molar-refractivity contribution in [3.8, 4) is 0 Å². The van der Waals surface area contributed by atoms with E-state index in [9.17, 15) is 9.59 Å². The van der Waals surface area contributed by atoms with Crippen LogP contribution in [0.15, 0.2) is 11.4 Å². The van der Waals surface area contributed by atoms with E-state index < -0.39 is 0 Å². The van der Waals surface area contributed by atoms with Crippen molar-refractivity contribution in [1.29, 1.82) is 0 Å². The second-order valence-electron chi connectivity index (χ2n) is 4.99. The van der Waals surface area contributed by atoms with Gasteiger partial charge < -0.3 is 4.90 Å². The maximum atomic E-state index is 12.5. The van der Waals surface area contributed by atoms with Crippen LogP contribution in [0.3, 0.4) is 0 Å². The van der Waals surface area contributed by atoms with Gasteiger partial charge in [-0.1, -0.05) is 0 Å². The number of thiophene rings is 1. The molecule has 4 heteroatoms. The minimum atomic E-state index is 0.102. The molecule has 1 atom stereocenters. The van der Waals surface area contributed by atoms with E-state index >= 15 is 0 Å². The highest BCUT2D eigenvalue weighted by Crippen LogP contribution is 2.25. The average Bonchev–Trinajstić information content (AvgIpc) is 2.74. The van der Waals surface area contributed by atoms with Crippen molar-refractivity contribution in [3.05, 3.63) is 21.9 Å². The highest BCUT2D eigenvalue weighted by molar-refractivity contribution is 7.12. The number of nitrogens with zero attached hydrogens (tertiary/aromatic N) is 1. The van der Waals surface area contributed by atoms with E-state index in [2.05, 4.69) is 0 Å². The van der Waals surface area contributed by atoms with Crippen LogP contribution in [-0.2, 0) is 4.79 Å². The molecule has 1 aliphatic heterocycles. The molecule has 0 N–H and O–H groups in total. The Hall–Kier alpha value is -1.16. The Bertz CT molecular complexity index is 452. The first-order chi connectivity index (χ1) is 8.59. The van der Waals surface area contributed by atoms with Gasteiger partial charge >= 0.3 is 0 Å². The predicted molar refractivity (Wildman–Crippen MR) is 73.0 cm³/mol. The van der Waals surface area contributed by atoms with Gasteiger partial charge in [-0.3, -0.25) is 9.59 Å². The summed E-state index contributed by atoms with van der Waals surface area (Å²) >= 11 is 1.50. The first-order valence-electron chi connectivity index (χ1n) is 6.44. The lowest BCUT2D eigenvalue weighted by Crippen LogP contribution is -2.44. The molecule has 2 rings (SSSR count). The van der Waals surface area contributed by atoms with E-state index in [4.69, 9.17) is 0 Å². The monoisotopic (exact) mass is 265 g/mol. The minimum Gasteiger partial charge on any atom is -0.335 e. The molecule has 0 aromatic carbocycles. The number of piperidine rings is 1. The van der Waals surface area contributed by atoms with Gasteiger partial charge in [0.05, 0.1) is 4.88 Å². The fraction of sp³-hybridized carbons (Fsp3) is 0.571. The molecule has 1 fully saturated rings. The van der Waals surface area contributed by atoms with E-state index in [1.807, 2.05) is 23.3 Å². The number of carbonyl (C=O) groups is 2. The lowest BCUT2D eigenvalue weighted by molar-refractivity contribution is -0.118. The lowest BCUT2D eigenvalue weighted by atomic mass is 9.97. The molecule has 98 valence electrons. The molecule has 18 heavy (non-hydrogen) atoms. The molecule has 0 radical (unpaired) electrons. The summed E-state index contributed by atoms with van der Waals surface area (Å²) in [5.41, 5.74) is 1.04. The number of hydrogen-bond donors (Lipinski definition) is 0. The summed E-state index contributed by atoms with van der Waals surface area (Å²) in [5.74, 6) is 0.274. The van der Waals surface area contributed by atoms with Gasteiger partial charge in [0.2, 0.25) is 0 Å². The standard InChI is InChI=1S/C14H19NO2S/c1-10-6-8-18-13(10)14(17)15-7-4-3-5-12(15)9-11(2)16/h6,8,12H,3-5,7,9H2,1-2H3. The van der Waals surface area contributed by atoms with Crippen molar-refractivity contribution in [2.75, 3.05) is 6.54 Å². The molecular weight excluding hydrogens is 246 g/mol. The van der Waals surface area contributed by atoms with Crippen LogP contribution in [0.1, 0.15) is 47.8 Å². The molecule has 3 nitrogen and oxygen atoms in total. The van der Waals surface area contributed by atoms with Crippen molar-refractivity contribution in [3.63, 3.8) is 0 Å². The Kier molecular flexibility index (Phi) is 4.17. The quantitative estimate of drug-likeness (QED) is 0.842. The van der Waals surface area contributed by atoms with Crippen LogP contribution in [0.5, 0.6) is 0 Å². The first-order valence-corrected chi connectivity index (χ1v) is 7.32. The molecule has 0 bridgehead atoms. The van der Waals surface area contributed by atoms with Crippen LogP contribution < -0.4 is 0 Å². The lowest BCUT2D eigenvalue weighted by Gasteiger charge is -2.35. The number of hydrogen-bond acceptors (Lipinski definition) is 3. The van der Waals surface area contributed by atoms with Crippen LogP contribution in [0.2, 0.25) is 0 Å². The van der Waals surface area contributed by atoms with Gasteiger partial charge in [-0.15, -0.1) is 11.3 Å². The van der Waals surface area contributed by atoms with Crippen molar-refractivity contribution >= 4 is 23.0 Å². The Morgan fingerprint density at radius 3 is 2.83 bits per heavy atom. The maximum absolute atomic E-state index is 12.5. The highest BCUT2D eigenvalue weighted by Gasteiger charge is 2.29. The molecule has 2 heterocycles. The van der Waals surface area contributed by atoms with Crippen LogP contribution in [0, 0.1) is 6.92 Å². The number of aryl methyl sites for hydroxylation is 1. The molecular formula is C14H19NO2S. The third-order valence-corrected chi connectivity index (χ3v) is 4.47. The summed E-state index contributed by atoms with van der Waals surface area (Å²) in [6.45, 7) is 4.36. The zero-order chi connectivity index (χ0) is 13.1. The molecule has 1 saturated heterocycles. The molecule has 1 aromatic heterocycles. The Morgan fingerprint density at radius 1 is 1.44 bits per heavy atom. The van der Waals surface area contributed by atoms with E-state index in [1.165, 1.54) is 11.3 Å². The third-order valence-electron chi connectivity index (χ3n) is 3.47. The van der Waals surface area contributed by atoms with Crippen LogP contribution >= 0.6 is 11.3 Å². The van der Waals surface area contributed by atoms with Gasteiger partial charge in [-0.2, -0.15) is 0 Å². The normalized spacial score (nSPS) is 19.9. The van der Waals surface area contributed by atoms with Crippen LogP contribution in [-0.4, -0.2) is 29.2 Å². The molecule has 0 spiro atoms. The van der Waals surface area contributed by atoms with Gasteiger partial charge in [-0.25, -0.2) is 0 Å². The Morgan fingerprint density at radius 2 is 2.22 bits per heavy atom. The average molecular weight is 265 g/mol. The van der Waals surface area contributed by atoms with Gasteiger partial charge in [0, 0.05) is 19.0 Å². The molecule has 0 aliphatic carbocycles. The first kappa shape index (κ1) is 13.3. The summed E-state index contributed by atoms with van der Waals surface area (Å²) < 4.78 is 0. The van der Waals surface area contributed by atoms with E-state index in [-0.39, 0.29) is 17.7 Å². The summed E-state index contributed by atoms with van der Waals surface area (Å²) in [7, 11) is 0. The molecule has 1 amide bonds. The van der Waals surface area contributed by atoms with E-state index in [1.54, 1.807) is 6.92 Å². The van der Waals surface area contributed by atoms with E-state index in [0.717, 1.165) is 36.2 Å². The van der Waals surface area contributed by atoms with Gasteiger partial charge in [0.1, 0.15) is 5.78 Å². The number of rotatable bonds is 3. The van der Waals surface area contributed by atoms with Gasteiger partial charge in [0.25, 0.3) is 5.91 Å². The smallest absolute Gasteiger partial charge is 0.264 e. The molecule has 0 saturated carbocycles. The fourth-order valence-electron chi connectivity index (χ4n) is 2.53. The summed E-state index contributed by atoms with van der Waals surface area (Å²) in [4.78, 5) is 26.5. The van der Waals surface area contributed by atoms with Crippen molar-refractivity contribution < 1.29 is 9.59 Å². The predicted octanol–water partition coefficient (Wildman–Crippen LogP) is 3.03. The van der Waals surface area contributed by atoms with Gasteiger partial charge in [0.15, 0.2) is 0 Å². The zero-order valence-electron chi connectivity index (χ0n) is 10.9. The second-order valence-corrected chi connectivity index (χ2v) is 5.90. The zero-order valence-corrected chi connectivity index (χ0v) is 11.8.